The smallest absolute Gasteiger partial charge is 0.258 e. The molecule has 0 bridgehead atoms. The first-order valence-corrected chi connectivity index (χ1v) is 7.42. The maximum absolute atomic E-state index is 11.3. The Morgan fingerprint density at radius 3 is 2.64 bits per heavy atom. The Bertz CT molecular complexity index is 838. The average molecular weight is 358 g/mol. The monoisotopic (exact) mass is 357 g/mol. The lowest BCUT2D eigenvalue weighted by molar-refractivity contribution is -0.384. The number of aromatic nitrogens is 2. The van der Waals surface area contributed by atoms with E-state index in [9.17, 15) is 10.1 Å². The molecule has 0 saturated carbocycles. The molecule has 0 aliphatic rings. The molecule has 0 radical (unpaired) electrons. The minimum Gasteiger partial charge on any atom is -0.258 e. The van der Waals surface area contributed by atoms with Gasteiger partial charge >= 0.3 is 0 Å². The Labute approximate surface area is 135 Å². The first kappa shape index (κ1) is 14.5. The largest absolute Gasteiger partial charge is 0.278 e. The fraction of sp³-hybridized carbons (Fsp3) is 0.0625. The minimum absolute atomic E-state index is 0.0638. The Hall–Kier alpha value is -2.47. The van der Waals surface area contributed by atoms with Crippen LogP contribution in [0.2, 0.25) is 0 Å². The maximum Gasteiger partial charge on any atom is 0.278 e. The van der Waals surface area contributed by atoms with Gasteiger partial charge in [-0.3, -0.25) is 10.1 Å². The predicted molar refractivity (Wildman–Crippen MR) is 88.1 cm³/mol. The van der Waals surface area contributed by atoms with E-state index in [2.05, 4.69) is 21.0 Å². The summed E-state index contributed by atoms with van der Waals surface area (Å²) >= 11 is 3.53. The van der Waals surface area contributed by atoms with E-state index in [4.69, 9.17) is 0 Å². The van der Waals surface area contributed by atoms with Crippen LogP contribution in [-0.4, -0.2) is 14.7 Å². The lowest BCUT2D eigenvalue weighted by atomic mass is 10.1. The van der Waals surface area contributed by atoms with Crippen LogP contribution in [-0.2, 0) is 0 Å². The van der Waals surface area contributed by atoms with Crippen LogP contribution in [0.3, 0.4) is 0 Å². The van der Waals surface area contributed by atoms with E-state index in [0.717, 1.165) is 15.7 Å². The molecule has 0 fully saturated rings. The van der Waals surface area contributed by atoms with Gasteiger partial charge in [0.1, 0.15) is 0 Å². The van der Waals surface area contributed by atoms with Gasteiger partial charge < -0.3 is 0 Å². The van der Waals surface area contributed by atoms with Crippen LogP contribution in [0.15, 0.2) is 59.2 Å². The van der Waals surface area contributed by atoms with Crippen molar-refractivity contribution in [3.63, 3.8) is 0 Å². The van der Waals surface area contributed by atoms with Gasteiger partial charge in [-0.1, -0.05) is 24.3 Å². The fourth-order valence-electron chi connectivity index (χ4n) is 2.43. The van der Waals surface area contributed by atoms with Crippen LogP contribution < -0.4 is 0 Å². The Balaban J connectivity index is 2.25. The summed E-state index contributed by atoms with van der Waals surface area (Å²) in [6.07, 6.45) is 1.64. The number of hydrogen-bond acceptors (Lipinski definition) is 3. The number of halogens is 1. The summed E-state index contributed by atoms with van der Waals surface area (Å²) in [5, 5.41) is 15.6. The van der Waals surface area contributed by atoms with Gasteiger partial charge in [-0.25, -0.2) is 4.68 Å². The highest BCUT2D eigenvalue weighted by atomic mass is 79.9. The van der Waals surface area contributed by atoms with Gasteiger partial charge in [0.15, 0.2) is 0 Å². The van der Waals surface area contributed by atoms with Crippen molar-refractivity contribution in [3.8, 4) is 16.9 Å². The molecule has 3 rings (SSSR count). The number of nitro groups is 1. The van der Waals surface area contributed by atoms with E-state index in [1.165, 1.54) is 6.07 Å². The molecule has 1 heterocycles. The normalized spacial score (nSPS) is 10.6. The van der Waals surface area contributed by atoms with Crippen molar-refractivity contribution in [1.82, 2.24) is 9.78 Å². The second kappa shape index (κ2) is 5.73. The molecule has 0 N–H and O–H groups in total. The van der Waals surface area contributed by atoms with Crippen LogP contribution in [0.25, 0.3) is 16.9 Å². The fourth-order valence-corrected chi connectivity index (χ4v) is 3.06. The van der Waals surface area contributed by atoms with Crippen molar-refractivity contribution in [2.24, 2.45) is 0 Å². The number of hydrogen-bond donors (Lipinski definition) is 0. The van der Waals surface area contributed by atoms with E-state index in [-0.39, 0.29) is 10.6 Å². The van der Waals surface area contributed by atoms with E-state index in [0.29, 0.717) is 11.3 Å². The molecule has 110 valence electrons. The zero-order valence-electron chi connectivity index (χ0n) is 11.7. The van der Waals surface area contributed by atoms with Crippen LogP contribution in [0, 0.1) is 17.0 Å². The number of nitrogens with zero attached hydrogens (tertiary/aromatic N) is 3. The van der Waals surface area contributed by atoms with Gasteiger partial charge in [-0.2, -0.15) is 5.10 Å². The Kier molecular flexibility index (Phi) is 3.77. The number of benzene rings is 2. The maximum atomic E-state index is 11.3. The van der Waals surface area contributed by atoms with Crippen LogP contribution >= 0.6 is 15.9 Å². The van der Waals surface area contributed by atoms with E-state index in [1.54, 1.807) is 35.1 Å². The average Bonchev–Trinajstić information content (AvgIpc) is 2.96. The molecule has 6 heteroatoms. The third kappa shape index (κ3) is 2.42. The number of nitro benzene ring substituents is 1. The second-order valence-corrected chi connectivity index (χ2v) is 5.66. The molecule has 0 aliphatic carbocycles. The first-order chi connectivity index (χ1) is 10.6. The molecule has 0 unspecified atom stereocenters. The second-order valence-electron chi connectivity index (χ2n) is 4.81. The van der Waals surface area contributed by atoms with E-state index >= 15 is 0 Å². The lowest BCUT2D eigenvalue weighted by Crippen LogP contribution is -2.03. The van der Waals surface area contributed by atoms with Crippen molar-refractivity contribution < 1.29 is 4.92 Å². The van der Waals surface area contributed by atoms with Crippen molar-refractivity contribution >= 4 is 21.6 Å². The van der Waals surface area contributed by atoms with Crippen LogP contribution in [0.4, 0.5) is 5.69 Å². The van der Waals surface area contributed by atoms with E-state index < -0.39 is 0 Å². The van der Waals surface area contributed by atoms with Gasteiger partial charge in [0.2, 0.25) is 0 Å². The van der Waals surface area contributed by atoms with Gasteiger partial charge in [-0.05, 0) is 46.6 Å². The van der Waals surface area contributed by atoms with Crippen molar-refractivity contribution in [2.45, 2.75) is 6.92 Å². The number of aryl methyl sites for hydroxylation is 1. The summed E-state index contributed by atoms with van der Waals surface area (Å²) in [7, 11) is 0. The topological polar surface area (TPSA) is 61.0 Å². The molecular formula is C16H12BrN3O2. The predicted octanol–water partition coefficient (Wildman–Crippen LogP) is 4.52. The summed E-state index contributed by atoms with van der Waals surface area (Å²) in [6.45, 7) is 1.98. The molecule has 0 atom stereocenters. The van der Waals surface area contributed by atoms with Gasteiger partial charge in [0.05, 0.1) is 28.1 Å². The summed E-state index contributed by atoms with van der Waals surface area (Å²) in [4.78, 5) is 10.9. The highest BCUT2D eigenvalue weighted by molar-refractivity contribution is 9.10. The lowest BCUT2D eigenvalue weighted by Gasteiger charge is -2.12. The van der Waals surface area contributed by atoms with Crippen molar-refractivity contribution in [3.05, 3.63) is 74.9 Å². The molecule has 3 aromatic rings. The molecular weight excluding hydrogens is 346 g/mol. The minimum atomic E-state index is -0.375. The highest BCUT2D eigenvalue weighted by Gasteiger charge is 2.19. The molecule has 22 heavy (non-hydrogen) atoms. The summed E-state index contributed by atoms with van der Waals surface area (Å²) in [5.41, 5.74) is 3.19. The van der Waals surface area contributed by atoms with Crippen molar-refractivity contribution in [2.75, 3.05) is 0 Å². The SMILES string of the molecule is Cc1cccc(Br)c1-n1nccc1-c1ccccc1[N+](=O)[O-]. The third-order valence-corrected chi connectivity index (χ3v) is 4.06. The molecule has 0 amide bonds. The van der Waals surface area contributed by atoms with Gasteiger partial charge in [0.25, 0.3) is 5.69 Å². The number of rotatable bonds is 3. The molecule has 5 nitrogen and oxygen atoms in total. The first-order valence-electron chi connectivity index (χ1n) is 6.63. The van der Waals surface area contributed by atoms with Crippen molar-refractivity contribution in [1.29, 1.82) is 0 Å². The third-order valence-electron chi connectivity index (χ3n) is 3.42. The standard InChI is InChI=1S/C16H12BrN3O2/c1-11-5-4-7-13(17)16(11)19-14(9-10-18-19)12-6-2-3-8-15(12)20(21)22/h2-10H,1H3. The molecule has 2 aromatic carbocycles. The highest BCUT2D eigenvalue weighted by Crippen LogP contribution is 2.33. The molecule has 1 aromatic heterocycles. The Morgan fingerprint density at radius 2 is 1.91 bits per heavy atom. The van der Waals surface area contributed by atoms with Crippen LogP contribution in [0.5, 0.6) is 0 Å². The van der Waals surface area contributed by atoms with E-state index in [1.807, 2.05) is 25.1 Å². The summed E-state index contributed by atoms with van der Waals surface area (Å²) in [5.74, 6) is 0. The number of para-hydroxylation sites is 2. The molecule has 0 aliphatic heterocycles. The Morgan fingerprint density at radius 1 is 1.14 bits per heavy atom. The zero-order chi connectivity index (χ0) is 15.7. The molecule has 0 saturated heterocycles. The summed E-state index contributed by atoms with van der Waals surface area (Å²) < 4.78 is 2.61. The molecule has 0 spiro atoms. The quantitative estimate of drug-likeness (QED) is 0.511. The van der Waals surface area contributed by atoms with Gasteiger partial charge in [-0.15, -0.1) is 0 Å². The van der Waals surface area contributed by atoms with Crippen LogP contribution in [0.1, 0.15) is 5.56 Å². The zero-order valence-corrected chi connectivity index (χ0v) is 13.3. The van der Waals surface area contributed by atoms with Gasteiger partial charge in [0, 0.05) is 10.5 Å². The summed E-state index contributed by atoms with van der Waals surface area (Å²) in [6, 6.07) is 14.3.